The molecule has 1 atom stereocenters. The van der Waals surface area contributed by atoms with Gasteiger partial charge in [-0.3, -0.25) is 0 Å². The molecule has 0 aliphatic carbocycles. The summed E-state index contributed by atoms with van der Waals surface area (Å²) >= 11 is 6.00. The van der Waals surface area contributed by atoms with Gasteiger partial charge in [-0.15, -0.1) is 0 Å². The lowest BCUT2D eigenvalue weighted by molar-refractivity contribution is 1.55. The largest absolute Gasteiger partial charge is 0.184 e. The van der Waals surface area contributed by atoms with E-state index in [9.17, 15) is 0 Å². The zero-order valence-corrected chi connectivity index (χ0v) is 10.2. The molecule has 1 heterocycles. The summed E-state index contributed by atoms with van der Waals surface area (Å²) in [7, 11) is -0.354. The Balaban J connectivity index is 2.21. The fraction of sp³-hybridized carbons (Fsp3) is 0. The van der Waals surface area contributed by atoms with Crippen LogP contribution in [0.5, 0.6) is 0 Å². The highest BCUT2D eigenvalue weighted by Gasteiger charge is 2.09. The quantitative estimate of drug-likeness (QED) is 0.686. The Bertz CT molecular complexity index is 593. The van der Waals surface area contributed by atoms with Gasteiger partial charge in [-0.1, -0.05) is 48.0 Å². The number of allylic oxidation sites excluding steroid dienone is 2. The first kappa shape index (κ1) is 10.0. The molecule has 0 amide bonds. The Kier molecular flexibility index (Phi) is 2.50. The van der Waals surface area contributed by atoms with E-state index in [1.165, 1.54) is 15.7 Å². The van der Waals surface area contributed by atoms with E-state index in [0.29, 0.717) is 0 Å². The number of thiol groups is 1. The van der Waals surface area contributed by atoms with E-state index in [4.69, 9.17) is 11.6 Å². The zero-order chi connectivity index (χ0) is 11.0. The number of rotatable bonds is 1. The van der Waals surface area contributed by atoms with E-state index in [0.717, 1.165) is 5.03 Å². The molecule has 1 aliphatic rings. The van der Waals surface area contributed by atoms with E-state index < -0.39 is 0 Å². The molecule has 1 unspecified atom stereocenters. The molecule has 0 nitrogen and oxygen atoms in total. The number of hydrogen-bond donors (Lipinski definition) is 1. The van der Waals surface area contributed by atoms with Crippen LogP contribution in [0.1, 0.15) is 0 Å². The average molecular weight is 247 g/mol. The molecular formula is C14H11ClS. The molecule has 0 N–H and O–H groups in total. The van der Waals surface area contributed by atoms with Crippen LogP contribution in [0.4, 0.5) is 0 Å². The fourth-order valence-corrected chi connectivity index (χ4v) is 4.22. The van der Waals surface area contributed by atoms with Gasteiger partial charge in [0.1, 0.15) is 0 Å². The third-order valence-corrected chi connectivity index (χ3v) is 5.06. The van der Waals surface area contributed by atoms with Crippen LogP contribution in [0, 0.1) is 0 Å². The summed E-state index contributed by atoms with van der Waals surface area (Å²) in [5, 5.41) is 7.85. The minimum absolute atomic E-state index is 0.354. The molecule has 0 bridgehead atoms. The highest BCUT2D eigenvalue weighted by atomic mass is 35.5. The predicted molar refractivity (Wildman–Crippen MR) is 74.3 cm³/mol. The summed E-state index contributed by atoms with van der Waals surface area (Å²) < 4.78 is 0. The molecule has 16 heavy (non-hydrogen) atoms. The van der Waals surface area contributed by atoms with Crippen molar-refractivity contribution < 1.29 is 0 Å². The summed E-state index contributed by atoms with van der Waals surface area (Å²) in [6, 6.07) is 15.0. The van der Waals surface area contributed by atoms with Crippen LogP contribution >= 0.6 is 22.5 Å². The van der Waals surface area contributed by atoms with Gasteiger partial charge in [0.2, 0.25) is 0 Å². The average Bonchev–Trinajstić information content (AvgIpc) is 2.75. The van der Waals surface area contributed by atoms with Gasteiger partial charge in [0.25, 0.3) is 0 Å². The van der Waals surface area contributed by atoms with Crippen LogP contribution in [-0.2, 0) is 0 Å². The standard InChI is InChI=1S/C14H11ClS/c15-12-8-9-16(10-12)14-7-3-5-11-4-1-2-6-13(11)14/h1-10,16H. The third-order valence-electron chi connectivity index (χ3n) is 2.70. The highest BCUT2D eigenvalue weighted by Crippen LogP contribution is 2.47. The van der Waals surface area contributed by atoms with Crippen LogP contribution in [0.2, 0.25) is 0 Å². The van der Waals surface area contributed by atoms with Crippen LogP contribution in [-0.4, -0.2) is 0 Å². The van der Waals surface area contributed by atoms with Crippen LogP contribution < -0.4 is 0 Å². The topological polar surface area (TPSA) is 0 Å². The first-order chi connectivity index (χ1) is 7.84. The zero-order valence-electron chi connectivity index (χ0n) is 8.60. The normalized spacial score (nSPS) is 21.3. The van der Waals surface area contributed by atoms with Crippen molar-refractivity contribution in [2.75, 3.05) is 0 Å². The van der Waals surface area contributed by atoms with Crippen LogP contribution in [0.25, 0.3) is 10.8 Å². The smallest absolute Gasteiger partial charge is 0.0462 e. The molecule has 2 heteroatoms. The van der Waals surface area contributed by atoms with E-state index in [2.05, 4.69) is 53.3 Å². The Morgan fingerprint density at radius 1 is 0.938 bits per heavy atom. The maximum absolute atomic E-state index is 6.00. The molecule has 0 saturated heterocycles. The van der Waals surface area contributed by atoms with Gasteiger partial charge >= 0.3 is 0 Å². The summed E-state index contributed by atoms with van der Waals surface area (Å²) in [6.45, 7) is 0. The van der Waals surface area contributed by atoms with Crippen molar-refractivity contribution in [2.24, 2.45) is 0 Å². The summed E-state index contributed by atoms with van der Waals surface area (Å²) in [4.78, 5) is 1.39. The molecule has 2 aromatic rings. The van der Waals surface area contributed by atoms with Gasteiger partial charge in [0.15, 0.2) is 0 Å². The van der Waals surface area contributed by atoms with Crippen molar-refractivity contribution in [3.8, 4) is 0 Å². The Morgan fingerprint density at radius 2 is 1.75 bits per heavy atom. The van der Waals surface area contributed by atoms with Crippen molar-refractivity contribution in [2.45, 2.75) is 4.90 Å². The number of fused-ring (bicyclic) bond motifs is 1. The molecule has 0 radical (unpaired) electrons. The Hall–Kier alpha value is -1.18. The molecular weight excluding hydrogens is 236 g/mol. The molecule has 2 aromatic carbocycles. The van der Waals surface area contributed by atoms with Gasteiger partial charge in [-0.25, -0.2) is 0 Å². The van der Waals surface area contributed by atoms with Crippen LogP contribution in [0.3, 0.4) is 0 Å². The van der Waals surface area contributed by atoms with Gasteiger partial charge in [0, 0.05) is 9.93 Å². The summed E-state index contributed by atoms with van der Waals surface area (Å²) in [5.74, 6) is 0. The molecule has 0 fully saturated rings. The molecule has 1 aliphatic heterocycles. The summed E-state index contributed by atoms with van der Waals surface area (Å²) in [5.41, 5.74) is 0. The van der Waals surface area contributed by atoms with Gasteiger partial charge in [0.05, 0.1) is 0 Å². The molecule has 0 spiro atoms. The SMILES string of the molecule is ClC1=C[SH](c2cccc3ccccc23)C=C1. The minimum Gasteiger partial charge on any atom is -0.184 e. The lowest BCUT2D eigenvalue weighted by atomic mass is 10.1. The lowest BCUT2D eigenvalue weighted by Crippen LogP contribution is -1.79. The first-order valence-electron chi connectivity index (χ1n) is 5.16. The third kappa shape index (κ3) is 1.66. The summed E-state index contributed by atoms with van der Waals surface area (Å²) in [6.07, 6.45) is 2.00. The van der Waals surface area contributed by atoms with Crippen molar-refractivity contribution in [3.63, 3.8) is 0 Å². The van der Waals surface area contributed by atoms with Crippen molar-refractivity contribution in [3.05, 3.63) is 64.4 Å². The van der Waals surface area contributed by atoms with Crippen molar-refractivity contribution >= 4 is 33.3 Å². The molecule has 80 valence electrons. The number of hydrogen-bond acceptors (Lipinski definition) is 0. The van der Waals surface area contributed by atoms with Crippen LogP contribution in [0.15, 0.2) is 69.3 Å². The minimum atomic E-state index is -0.354. The maximum atomic E-state index is 6.00. The number of benzene rings is 2. The Morgan fingerprint density at radius 3 is 2.56 bits per heavy atom. The van der Waals surface area contributed by atoms with E-state index >= 15 is 0 Å². The van der Waals surface area contributed by atoms with Gasteiger partial charge in [-0.2, -0.15) is 10.9 Å². The monoisotopic (exact) mass is 246 g/mol. The highest BCUT2D eigenvalue weighted by molar-refractivity contribution is 8.22. The molecule has 0 saturated carbocycles. The van der Waals surface area contributed by atoms with E-state index in [-0.39, 0.29) is 10.9 Å². The lowest BCUT2D eigenvalue weighted by Gasteiger charge is -2.13. The maximum Gasteiger partial charge on any atom is 0.0462 e. The van der Waals surface area contributed by atoms with Crippen molar-refractivity contribution in [1.82, 2.24) is 0 Å². The molecule has 0 aromatic heterocycles. The first-order valence-corrected chi connectivity index (χ1v) is 7.02. The predicted octanol–water partition coefficient (Wildman–Crippen LogP) is 4.81. The second-order valence-electron chi connectivity index (χ2n) is 3.74. The van der Waals surface area contributed by atoms with E-state index in [1.54, 1.807) is 0 Å². The Labute approximate surface area is 103 Å². The molecule has 3 rings (SSSR count). The fourth-order valence-electron chi connectivity index (χ4n) is 1.95. The van der Waals surface area contributed by atoms with Gasteiger partial charge < -0.3 is 0 Å². The van der Waals surface area contributed by atoms with Crippen molar-refractivity contribution in [1.29, 1.82) is 0 Å². The second-order valence-corrected chi connectivity index (χ2v) is 6.02. The number of halogens is 1. The van der Waals surface area contributed by atoms with E-state index in [1.807, 2.05) is 6.08 Å². The second kappa shape index (κ2) is 4.00. The van der Waals surface area contributed by atoms with Gasteiger partial charge in [-0.05, 0) is 33.7 Å².